The normalized spacial score (nSPS) is 20.2. The Labute approximate surface area is 123 Å². The number of esters is 1. The predicted molar refractivity (Wildman–Crippen MR) is 74.7 cm³/mol. The van der Waals surface area contributed by atoms with Crippen molar-refractivity contribution in [2.24, 2.45) is 0 Å². The van der Waals surface area contributed by atoms with E-state index >= 15 is 0 Å². The average molecular weight is 315 g/mol. The molecular weight excluding hydrogens is 297 g/mol. The summed E-state index contributed by atoms with van der Waals surface area (Å²) in [5, 5.41) is 0. The highest BCUT2D eigenvalue weighted by molar-refractivity contribution is 7.89. The van der Waals surface area contributed by atoms with Crippen LogP contribution in [-0.4, -0.2) is 38.4 Å². The Balaban J connectivity index is 2.45. The minimum Gasteiger partial charge on any atom is -0.468 e. The molecule has 0 spiro atoms. The van der Waals surface area contributed by atoms with E-state index in [-0.39, 0.29) is 6.54 Å². The highest BCUT2D eigenvalue weighted by Crippen LogP contribution is 2.28. The van der Waals surface area contributed by atoms with Gasteiger partial charge < -0.3 is 4.74 Å². The molecule has 21 heavy (non-hydrogen) atoms. The van der Waals surface area contributed by atoms with Crippen molar-refractivity contribution in [2.75, 3.05) is 13.7 Å². The Morgan fingerprint density at radius 2 is 2.10 bits per heavy atom. The third-order valence-electron chi connectivity index (χ3n) is 3.60. The molecule has 1 fully saturated rings. The van der Waals surface area contributed by atoms with Crippen molar-refractivity contribution >= 4 is 16.0 Å². The zero-order valence-electron chi connectivity index (χ0n) is 12.0. The minimum absolute atomic E-state index is 0.190. The number of methoxy groups -OCH3 is 1. The maximum Gasteiger partial charge on any atom is 0.324 e. The van der Waals surface area contributed by atoms with Crippen LogP contribution in [0.2, 0.25) is 0 Å². The van der Waals surface area contributed by atoms with E-state index in [4.69, 9.17) is 0 Å². The number of benzene rings is 1. The van der Waals surface area contributed by atoms with Crippen LogP contribution < -0.4 is 0 Å². The molecule has 0 aliphatic carbocycles. The highest BCUT2D eigenvalue weighted by Gasteiger charge is 2.39. The molecule has 1 aliphatic rings. The van der Waals surface area contributed by atoms with Gasteiger partial charge in [0.05, 0.1) is 7.11 Å². The number of carbonyl (C=O) groups excluding carboxylic acids is 1. The van der Waals surface area contributed by atoms with Gasteiger partial charge in [-0.25, -0.2) is 12.8 Å². The number of aryl methyl sites for hydroxylation is 1. The summed E-state index contributed by atoms with van der Waals surface area (Å²) in [6.45, 7) is 1.88. The van der Waals surface area contributed by atoms with Gasteiger partial charge in [-0.05, 0) is 43.9 Å². The average Bonchev–Trinajstić information content (AvgIpc) is 2.48. The van der Waals surface area contributed by atoms with Gasteiger partial charge in [-0.1, -0.05) is 6.07 Å². The first-order valence-corrected chi connectivity index (χ1v) is 8.17. The van der Waals surface area contributed by atoms with Crippen LogP contribution in [0.5, 0.6) is 0 Å². The summed E-state index contributed by atoms with van der Waals surface area (Å²) in [4.78, 5) is 11.4. The molecule has 2 rings (SSSR count). The summed E-state index contributed by atoms with van der Waals surface area (Å²) < 4.78 is 45.0. The smallest absolute Gasteiger partial charge is 0.324 e. The summed E-state index contributed by atoms with van der Waals surface area (Å²) in [6, 6.07) is 3.03. The van der Waals surface area contributed by atoms with Gasteiger partial charge in [-0.3, -0.25) is 4.79 Å². The molecule has 1 heterocycles. The largest absolute Gasteiger partial charge is 0.468 e. The lowest BCUT2D eigenvalue weighted by Crippen LogP contribution is -2.48. The van der Waals surface area contributed by atoms with E-state index in [9.17, 15) is 17.6 Å². The quantitative estimate of drug-likeness (QED) is 0.799. The monoisotopic (exact) mass is 315 g/mol. The van der Waals surface area contributed by atoms with E-state index in [1.807, 2.05) is 0 Å². The number of sulfonamides is 1. The van der Waals surface area contributed by atoms with Gasteiger partial charge >= 0.3 is 5.97 Å². The summed E-state index contributed by atoms with van der Waals surface area (Å²) in [7, 11) is -2.84. The number of piperidine rings is 1. The second kappa shape index (κ2) is 6.11. The SMILES string of the molecule is COC(=O)C1CCCCN1S(=O)(=O)c1cc(C)ccc1F. The molecule has 1 aromatic rings. The second-order valence-electron chi connectivity index (χ2n) is 5.08. The Hall–Kier alpha value is -1.47. The molecule has 1 aromatic carbocycles. The third-order valence-corrected chi connectivity index (χ3v) is 5.52. The van der Waals surface area contributed by atoms with Gasteiger partial charge in [0.15, 0.2) is 0 Å². The maximum absolute atomic E-state index is 13.9. The van der Waals surface area contributed by atoms with Crippen LogP contribution in [0.25, 0.3) is 0 Å². The van der Waals surface area contributed by atoms with E-state index in [0.29, 0.717) is 18.4 Å². The van der Waals surface area contributed by atoms with E-state index < -0.39 is 32.7 Å². The number of carbonyl (C=O) groups is 1. The summed E-state index contributed by atoms with van der Waals surface area (Å²) >= 11 is 0. The Morgan fingerprint density at radius 1 is 1.38 bits per heavy atom. The van der Waals surface area contributed by atoms with Crippen molar-refractivity contribution in [3.05, 3.63) is 29.6 Å². The topological polar surface area (TPSA) is 63.7 Å². The molecule has 1 saturated heterocycles. The second-order valence-corrected chi connectivity index (χ2v) is 6.94. The molecule has 0 N–H and O–H groups in total. The van der Waals surface area contributed by atoms with Crippen LogP contribution >= 0.6 is 0 Å². The molecule has 0 bridgehead atoms. The number of nitrogens with zero attached hydrogens (tertiary/aromatic N) is 1. The lowest BCUT2D eigenvalue weighted by molar-refractivity contribution is -0.146. The maximum atomic E-state index is 13.9. The van der Waals surface area contributed by atoms with Crippen LogP contribution in [0.1, 0.15) is 24.8 Å². The third kappa shape index (κ3) is 3.08. The van der Waals surface area contributed by atoms with Crippen molar-refractivity contribution in [3.63, 3.8) is 0 Å². The molecule has 7 heteroatoms. The summed E-state index contributed by atoms with van der Waals surface area (Å²) in [6.07, 6.45) is 1.77. The zero-order chi connectivity index (χ0) is 15.6. The lowest BCUT2D eigenvalue weighted by Gasteiger charge is -2.32. The van der Waals surface area contributed by atoms with E-state index in [0.717, 1.165) is 16.8 Å². The molecular formula is C14H18FNO4S. The fourth-order valence-electron chi connectivity index (χ4n) is 2.50. The number of rotatable bonds is 3. The number of hydrogen-bond acceptors (Lipinski definition) is 4. The van der Waals surface area contributed by atoms with Crippen molar-refractivity contribution in [3.8, 4) is 0 Å². The Kier molecular flexibility index (Phi) is 4.63. The Morgan fingerprint density at radius 3 is 2.76 bits per heavy atom. The lowest BCUT2D eigenvalue weighted by atomic mass is 10.1. The first-order valence-electron chi connectivity index (χ1n) is 6.73. The molecule has 5 nitrogen and oxygen atoms in total. The van der Waals surface area contributed by atoms with E-state index in [1.54, 1.807) is 6.92 Å². The first-order chi connectivity index (χ1) is 9.87. The fraction of sp³-hybridized carbons (Fsp3) is 0.500. The van der Waals surface area contributed by atoms with Crippen LogP contribution in [0.3, 0.4) is 0 Å². The number of ether oxygens (including phenoxy) is 1. The standard InChI is InChI=1S/C14H18FNO4S/c1-10-6-7-11(15)13(9-10)21(18,19)16-8-4-3-5-12(16)14(17)20-2/h6-7,9,12H,3-5,8H2,1-2H3. The van der Waals surface area contributed by atoms with E-state index in [1.165, 1.54) is 19.2 Å². The van der Waals surface area contributed by atoms with Crippen LogP contribution in [0, 0.1) is 12.7 Å². The molecule has 116 valence electrons. The number of halogens is 1. The minimum atomic E-state index is -4.06. The van der Waals surface area contributed by atoms with Gasteiger partial charge in [0.1, 0.15) is 16.8 Å². The fourth-order valence-corrected chi connectivity index (χ4v) is 4.30. The molecule has 0 amide bonds. The zero-order valence-corrected chi connectivity index (χ0v) is 12.8. The Bertz CT molecular complexity index is 644. The molecule has 0 aromatic heterocycles. The molecule has 1 aliphatic heterocycles. The molecule has 0 radical (unpaired) electrons. The van der Waals surface area contributed by atoms with Gasteiger partial charge in [0.25, 0.3) is 0 Å². The van der Waals surface area contributed by atoms with Crippen molar-refractivity contribution in [1.82, 2.24) is 4.31 Å². The predicted octanol–water partition coefficient (Wildman–Crippen LogP) is 1.85. The molecule has 1 unspecified atom stereocenters. The van der Waals surface area contributed by atoms with E-state index in [2.05, 4.69) is 4.74 Å². The van der Waals surface area contributed by atoms with Crippen LogP contribution in [0.15, 0.2) is 23.1 Å². The van der Waals surface area contributed by atoms with Crippen LogP contribution in [0.4, 0.5) is 4.39 Å². The van der Waals surface area contributed by atoms with Crippen molar-refractivity contribution in [1.29, 1.82) is 0 Å². The molecule has 0 saturated carbocycles. The van der Waals surface area contributed by atoms with Gasteiger partial charge in [-0.2, -0.15) is 4.31 Å². The van der Waals surface area contributed by atoms with Crippen LogP contribution in [-0.2, 0) is 19.6 Å². The van der Waals surface area contributed by atoms with Gasteiger partial charge in [-0.15, -0.1) is 0 Å². The highest BCUT2D eigenvalue weighted by atomic mass is 32.2. The summed E-state index contributed by atoms with van der Waals surface area (Å²) in [5.41, 5.74) is 0.640. The van der Waals surface area contributed by atoms with Crippen molar-refractivity contribution < 1.29 is 22.3 Å². The van der Waals surface area contributed by atoms with Gasteiger partial charge in [0, 0.05) is 6.54 Å². The first kappa shape index (κ1) is 15.9. The van der Waals surface area contributed by atoms with Crippen molar-refractivity contribution in [2.45, 2.75) is 37.1 Å². The summed E-state index contributed by atoms with van der Waals surface area (Å²) in [5.74, 6) is -1.42. The molecule has 1 atom stereocenters. The number of hydrogen-bond donors (Lipinski definition) is 0. The van der Waals surface area contributed by atoms with Gasteiger partial charge in [0.2, 0.25) is 10.0 Å².